The summed E-state index contributed by atoms with van der Waals surface area (Å²) >= 11 is 0. The summed E-state index contributed by atoms with van der Waals surface area (Å²) in [7, 11) is 0. The number of anilines is 1. The van der Waals surface area contributed by atoms with Crippen LogP contribution in [0.15, 0.2) is 30.0 Å². The third-order valence-electron chi connectivity index (χ3n) is 2.34. The fourth-order valence-electron chi connectivity index (χ4n) is 1.60. The minimum atomic E-state index is -0.358. The van der Waals surface area contributed by atoms with Gasteiger partial charge in [0.05, 0.1) is 6.61 Å². The molecule has 5 nitrogen and oxygen atoms in total. The first-order valence-electron chi connectivity index (χ1n) is 5.71. The van der Waals surface area contributed by atoms with Crippen molar-refractivity contribution in [1.29, 1.82) is 0 Å². The average molecular weight is 249 g/mol. The lowest BCUT2D eigenvalue weighted by Crippen LogP contribution is -2.04. The molecule has 0 aromatic heterocycles. The van der Waals surface area contributed by atoms with Crippen molar-refractivity contribution in [3.05, 3.63) is 30.0 Å². The van der Waals surface area contributed by atoms with Gasteiger partial charge in [-0.15, -0.1) is 0 Å². The maximum atomic E-state index is 11.2. The predicted octanol–water partition coefficient (Wildman–Crippen LogP) is 2.29. The lowest BCUT2D eigenvalue weighted by atomic mass is 10.2. The number of esters is 1. The van der Waals surface area contributed by atoms with Gasteiger partial charge in [0, 0.05) is 23.5 Å². The fraction of sp³-hybridized carbons (Fsp3) is 0.308. The van der Waals surface area contributed by atoms with Crippen molar-refractivity contribution in [3.63, 3.8) is 0 Å². The van der Waals surface area contributed by atoms with Crippen molar-refractivity contribution in [2.45, 2.75) is 13.8 Å². The number of fused-ring (bicyclic) bond motifs is 1. The average Bonchev–Trinajstić information content (AvgIpc) is 2.76. The Morgan fingerprint density at radius 3 is 3.00 bits per heavy atom. The molecule has 1 heterocycles. The summed E-state index contributed by atoms with van der Waals surface area (Å²) in [6, 6.07) is 5.50. The van der Waals surface area contributed by atoms with E-state index in [0.717, 1.165) is 11.4 Å². The molecule has 1 aromatic rings. The van der Waals surface area contributed by atoms with Crippen LogP contribution >= 0.6 is 0 Å². The second-order valence-corrected chi connectivity index (χ2v) is 3.77. The van der Waals surface area contributed by atoms with Gasteiger partial charge in [0.1, 0.15) is 0 Å². The van der Waals surface area contributed by atoms with Gasteiger partial charge in [-0.2, -0.15) is 0 Å². The zero-order valence-corrected chi connectivity index (χ0v) is 10.4. The molecule has 1 aromatic carbocycles. The highest BCUT2D eigenvalue weighted by Crippen LogP contribution is 2.34. The Hall–Kier alpha value is -2.17. The summed E-state index contributed by atoms with van der Waals surface area (Å²) in [5.41, 5.74) is 1.53. The van der Waals surface area contributed by atoms with Gasteiger partial charge in [-0.05, 0) is 26.0 Å². The Morgan fingerprint density at radius 2 is 2.22 bits per heavy atom. The number of ether oxygens (including phenoxy) is 3. The van der Waals surface area contributed by atoms with E-state index in [1.165, 1.54) is 6.08 Å². The Morgan fingerprint density at radius 1 is 1.44 bits per heavy atom. The zero-order chi connectivity index (χ0) is 13.0. The van der Waals surface area contributed by atoms with Crippen LogP contribution in [0.3, 0.4) is 0 Å². The van der Waals surface area contributed by atoms with Crippen LogP contribution in [-0.2, 0) is 9.53 Å². The molecule has 0 fully saturated rings. The number of allylic oxidation sites excluding steroid dienone is 1. The molecule has 0 unspecified atom stereocenters. The Kier molecular flexibility index (Phi) is 3.72. The Labute approximate surface area is 105 Å². The minimum Gasteiger partial charge on any atom is -0.463 e. The summed E-state index contributed by atoms with van der Waals surface area (Å²) in [5.74, 6) is 1.07. The molecule has 0 saturated heterocycles. The van der Waals surface area contributed by atoms with Crippen molar-refractivity contribution in [1.82, 2.24) is 0 Å². The third-order valence-corrected chi connectivity index (χ3v) is 2.34. The smallest absolute Gasteiger partial charge is 0.332 e. The molecule has 0 spiro atoms. The molecule has 0 atom stereocenters. The van der Waals surface area contributed by atoms with E-state index in [-0.39, 0.29) is 12.8 Å². The van der Waals surface area contributed by atoms with E-state index in [1.54, 1.807) is 13.8 Å². The molecule has 18 heavy (non-hydrogen) atoms. The fourth-order valence-corrected chi connectivity index (χ4v) is 1.60. The van der Waals surface area contributed by atoms with Gasteiger partial charge < -0.3 is 19.5 Å². The van der Waals surface area contributed by atoms with Crippen LogP contribution in [0.5, 0.6) is 11.5 Å². The highest BCUT2D eigenvalue weighted by molar-refractivity contribution is 5.83. The van der Waals surface area contributed by atoms with Crippen molar-refractivity contribution < 1.29 is 19.0 Å². The van der Waals surface area contributed by atoms with Crippen molar-refractivity contribution >= 4 is 11.7 Å². The normalized spacial score (nSPS) is 13.3. The maximum absolute atomic E-state index is 11.2. The van der Waals surface area contributed by atoms with E-state index in [2.05, 4.69) is 5.32 Å². The lowest BCUT2D eigenvalue weighted by Gasteiger charge is -2.07. The van der Waals surface area contributed by atoms with Gasteiger partial charge in [0.25, 0.3) is 0 Å². The topological polar surface area (TPSA) is 56.8 Å². The molecule has 0 saturated carbocycles. The molecule has 1 aliphatic heterocycles. The predicted molar refractivity (Wildman–Crippen MR) is 66.6 cm³/mol. The maximum Gasteiger partial charge on any atom is 0.332 e. The second-order valence-electron chi connectivity index (χ2n) is 3.77. The molecular weight excluding hydrogens is 234 g/mol. The molecule has 2 rings (SSSR count). The summed E-state index contributed by atoms with van der Waals surface area (Å²) in [5, 5.41) is 3.09. The lowest BCUT2D eigenvalue weighted by molar-refractivity contribution is -0.137. The van der Waals surface area contributed by atoms with E-state index < -0.39 is 0 Å². The van der Waals surface area contributed by atoms with Crippen LogP contribution in [0.25, 0.3) is 0 Å². The number of carbonyl (C=O) groups is 1. The summed E-state index contributed by atoms with van der Waals surface area (Å²) < 4.78 is 15.3. The molecule has 1 aliphatic rings. The minimum absolute atomic E-state index is 0.246. The number of hydrogen-bond acceptors (Lipinski definition) is 5. The highest BCUT2D eigenvalue weighted by atomic mass is 16.7. The van der Waals surface area contributed by atoms with E-state index in [9.17, 15) is 4.79 Å². The van der Waals surface area contributed by atoms with Crippen LogP contribution in [0.1, 0.15) is 13.8 Å². The quantitative estimate of drug-likeness (QED) is 0.655. The van der Waals surface area contributed by atoms with Gasteiger partial charge in [-0.3, -0.25) is 0 Å². The van der Waals surface area contributed by atoms with E-state index in [0.29, 0.717) is 18.1 Å². The van der Waals surface area contributed by atoms with Crippen LogP contribution in [0.2, 0.25) is 0 Å². The van der Waals surface area contributed by atoms with Gasteiger partial charge in [0.15, 0.2) is 11.5 Å². The zero-order valence-electron chi connectivity index (χ0n) is 10.4. The molecule has 1 N–H and O–H groups in total. The highest BCUT2D eigenvalue weighted by Gasteiger charge is 2.13. The first kappa shape index (κ1) is 12.3. The summed E-state index contributed by atoms with van der Waals surface area (Å²) in [6.07, 6.45) is 1.41. The van der Waals surface area contributed by atoms with Gasteiger partial charge >= 0.3 is 5.97 Å². The molecule has 5 heteroatoms. The second kappa shape index (κ2) is 5.44. The monoisotopic (exact) mass is 249 g/mol. The third kappa shape index (κ3) is 2.94. The number of hydrogen-bond donors (Lipinski definition) is 1. The van der Waals surface area contributed by atoms with Gasteiger partial charge in [-0.1, -0.05) is 0 Å². The summed E-state index contributed by atoms with van der Waals surface area (Å²) in [4.78, 5) is 11.2. The molecule has 0 amide bonds. The van der Waals surface area contributed by atoms with Crippen molar-refractivity contribution in [2.24, 2.45) is 0 Å². The van der Waals surface area contributed by atoms with Crippen LogP contribution < -0.4 is 14.8 Å². The van der Waals surface area contributed by atoms with E-state index in [4.69, 9.17) is 14.2 Å². The van der Waals surface area contributed by atoms with Crippen LogP contribution in [0, 0.1) is 0 Å². The Bertz CT molecular complexity index is 482. The largest absolute Gasteiger partial charge is 0.463 e. The van der Waals surface area contributed by atoms with Gasteiger partial charge in [0.2, 0.25) is 6.79 Å². The summed E-state index contributed by atoms with van der Waals surface area (Å²) in [6.45, 7) is 4.18. The molecule has 0 radical (unpaired) electrons. The van der Waals surface area contributed by atoms with E-state index >= 15 is 0 Å². The standard InChI is InChI=1S/C13H15NO4/c1-3-16-13(15)6-9(2)14-10-4-5-11-12(7-10)18-8-17-11/h4-7,14H,3,8H2,1-2H3/b9-6+. The Balaban J connectivity index is 2.03. The number of carbonyl (C=O) groups excluding carboxylic acids is 1. The van der Waals surface area contributed by atoms with Gasteiger partial charge in [-0.25, -0.2) is 4.79 Å². The molecule has 96 valence electrons. The van der Waals surface area contributed by atoms with Crippen molar-refractivity contribution in [2.75, 3.05) is 18.7 Å². The first-order chi connectivity index (χ1) is 8.69. The molecular formula is C13H15NO4. The van der Waals surface area contributed by atoms with Crippen molar-refractivity contribution in [3.8, 4) is 11.5 Å². The van der Waals surface area contributed by atoms with Crippen LogP contribution in [0.4, 0.5) is 5.69 Å². The number of rotatable bonds is 4. The van der Waals surface area contributed by atoms with Crippen LogP contribution in [-0.4, -0.2) is 19.4 Å². The van der Waals surface area contributed by atoms with E-state index in [1.807, 2.05) is 18.2 Å². The molecule has 0 bridgehead atoms. The first-order valence-corrected chi connectivity index (χ1v) is 5.71. The molecule has 0 aliphatic carbocycles. The number of nitrogens with one attached hydrogen (secondary N) is 1. The SMILES string of the molecule is CCOC(=O)/C=C(\C)Nc1ccc2c(c1)OCO2. The number of benzene rings is 1.